The number of likely N-dealkylation sites (tertiary alicyclic amines) is 1. The third-order valence-electron chi connectivity index (χ3n) is 5.36. The summed E-state index contributed by atoms with van der Waals surface area (Å²) in [7, 11) is 0. The van der Waals surface area contributed by atoms with E-state index >= 15 is 0 Å². The first-order valence-electron chi connectivity index (χ1n) is 9.88. The van der Waals surface area contributed by atoms with Gasteiger partial charge in [0.1, 0.15) is 6.04 Å². The second-order valence-corrected chi connectivity index (χ2v) is 7.38. The van der Waals surface area contributed by atoms with Gasteiger partial charge in [0.2, 0.25) is 11.8 Å². The van der Waals surface area contributed by atoms with Crippen molar-refractivity contribution >= 4 is 22.7 Å². The summed E-state index contributed by atoms with van der Waals surface area (Å²) in [6.45, 7) is 1.56. The van der Waals surface area contributed by atoms with Crippen molar-refractivity contribution in [2.24, 2.45) is 0 Å². The van der Waals surface area contributed by atoms with Gasteiger partial charge >= 0.3 is 0 Å². The molecule has 2 amide bonds. The van der Waals surface area contributed by atoms with Crippen molar-refractivity contribution in [3.8, 4) is 0 Å². The van der Waals surface area contributed by atoms with Crippen LogP contribution < -0.4 is 5.32 Å². The smallest absolute Gasteiger partial charge is 0.245 e. The highest BCUT2D eigenvalue weighted by Gasteiger charge is 2.28. The predicted molar refractivity (Wildman–Crippen MR) is 110 cm³/mol. The van der Waals surface area contributed by atoms with Crippen LogP contribution in [0.2, 0.25) is 0 Å². The molecule has 2 N–H and O–H groups in total. The van der Waals surface area contributed by atoms with Gasteiger partial charge in [-0.05, 0) is 30.0 Å². The molecule has 0 aliphatic carbocycles. The van der Waals surface area contributed by atoms with Gasteiger partial charge in [-0.2, -0.15) is 0 Å². The van der Waals surface area contributed by atoms with E-state index in [1.807, 2.05) is 65.7 Å². The van der Waals surface area contributed by atoms with Gasteiger partial charge in [0.25, 0.3) is 0 Å². The van der Waals surface area contributed by atoms with E-state index in [9.17, 15) is 9.59 Å². The van der Waals surface area contributed by atoms with Crippen molar-refractivity contribution in [2.45, 2.75) is 31.7 Å². The summed E-state index contributed by atoms with van der Waals surface area (Å²) < 4.78 is 0. The van der Waals surface area contributed by atoms with Crippen LogP contribution in [-0.2, 0) is 22.4 Å². The molecule has 2 heterocycles. The Morgan fingerprint density at radius 1 is 1.00 bits per heavy atom. The van der Waals surface area contributed by atoms with Gasteiger partial charge in [-0.25, -0.2) is 0 Å². The summed E-state index contributed by atoms with van der Waals surface area (Å²) in [5, 5.41) is 4.05. The number of para-hydroxylation sites is 1. The number of aromatic amines is 1. The zero-order chi connectivity index (χ0) is 19.3. The van der Waals surface area contributed by atoms with Crippen molar-refractivity contribution in [1.82, 2.24) is 15.2 Å². The molecule has 5 heteroatoms. The predicted octanol–water partition coefficient (Wildman–Crippen LogP) is 3.06. The lowest BCUT2D eigenvalue weighted by atomic mass is 10.0. The summed E-state index contributed by atoms with van der Waals surface area (Å²) >= 11 is 0. The molecule has 28 heavy (non-hydrogen) atoms. The van der Waals surface area contributed by atoms with Gasteiger partial charge in [-0.15, -0.1) is 0 Å². The van der Waals surface area contributed by atoms with E-state index in [0.29, 0.717) is 6.42 Å². The number of rotatable bonds is 6. The number of benzene rings is 2. The van der Waals surface area contributed by atoms with Gasteiger partial charge in [0.15, 0.2) is 0 Å². The first kappa shape index (κ1) is 18.3. The van der Waals surface area contributed by atoms with Gasteiger partial charge < -0.3 is 15.2 Å². The molecule has 5 nitrogen and oxygen atoms in total. The lowest BCUT2D eigenvalue weighted by Gasteiger charge is -2.24. The zero-order valence-corrected chi connectivity index (χ0v) is 15.9. The van der Waals surface area contributed by atoms with E-state index in [4.69, 9.17) is 0 Å². The molecule has 1 saturated heterocycles. The molecule has 1 aliphatic rings. The Morgan fingerprint density at radius 2 is 1.71 bits per heavy atom. The Labute approximate surface area is 164 Å². The average Bonchev–Trinajstić information content (AvgIpc) is 3.38. The maximum atomic E-state index is 13.0. The number of fused-ring (bicyclic) bond motifs is 1. The Hall–Kier alpha value is -3.08. The Bertz CT molecular complexity index is 958. The molecule has 2 aromatic carbocycles. The standard InChI is InChI=1S/C23H25N3O2/c27-22(15-18-16-24-20-11-5-4-10-19(18)20)25-21(14-17-8-2-1-3-9-17)23(28)26-12-6-7-13-26/h1-5,8-11,16,21,24H,6-7,12-15H2,(H,25,27)/t21-/m0/s1. The number of hydrogen-bond donors (Lipinski definition) is 2. The lowest BCUT2D eigenvalue weighted by Crippen LogP contribution is -2.49. The van der Waals surface area contributed by atoms with Crippen molar-refractivity contribution in [1.29, 1.82) is 0 Å². The Kier molecular flexibility index (Phi) is 5.42. The Morgan fingerprint density at radius 3 is 2.50 bits per heavy atom. The number of nitrogens with zero attached hydrogens (tertiary/aromatic N) is 1. The van der Waals surface area contributed by atoms with Crippen LogP contribution in [-0.4, -0.2) is 40.8 Å². The van der Waals surface area contributed by atoms with Crippen LogP contribution >= 0.6 is 0 Å². The van der Waals surface area contributed by atoms with Gasteiger partial charge in [-0.1, -0.05) is 48.5 Å². The molecule has 144 valence electrons. The van der Waals surface area contributed by atoms with E-state index in [0.717, 1.165) is 48.0 Å². The van der Waals surface area contributed by atoms with Gasteiger partial charge in [0.05, 0.1) is 6.42 Å². The summed E-state index contributed by atoms with van der Waals surface area (Å²) in [5.74, 6) is -0.105. The first-order valence-corrected chi connectivity index (χ1v) is 9.88. The molecular weight excluding hydrogens is 350 g/mol. The van der Waals surface area contributed by atoms with Crippen LogP contribution in [0, 0.1) is 0 Å². The quantitative estimate of drug-likeness (QED) is 0.695. The van der Waals surface area contributed by atoms with Crippen molar-refractivity contribution < 1.29 is 9.59 Å². The van der Waals surface area contributed by atoms with Crippen molar-refractivity contribution in [3.63, 3.8) is 0 Å². The second-order valence-electron chi connectivity index (χ2n) is 7.38. The molecule has 1 fully saturated rings. The molecule has 0 saturated carbocycles. The lowest BCUT2D eigenvalue weighted by molar-refractivity contribution is -0.135. The molecule has 0 bridgehead atoms. The molecule has 0 unspecified atom stereocenters. The highest BCUT2D eigenvalue weighted by atomic mass is 16.2. The number of carbonyl (C=O) groups excluding carboxylic acids is 2. The average molecular weight is 375 g/mol. The minimum absolute atomic E-state index is 0.0219. The first-order chi connectivity index (χ1) is 13.7. The summed E-state index contributed by atoms with van der Waals surface area (Å²) in [4.78, 5) is 30.9. The van der Waals surface area contributed by atoms with Crippen molar-refractivity contribution in [3.05, 3.63) is 71.9 Å². The minimum Gasteiger partial charge on any atom is -0.361 e. The highest BCUT2D eigenvalue weighted by Crippen LogP contribution is 2.18. The summed E-state index contributed by atoms with van der Waals surface area (Å²) in [5.41, 5.74) is 3.01. The van der Waals surface area contributed by atoms with E-state index in [1.54, 1.807) is 0 Å². The topological polar surface area (TPSA) is 65.2 Å². The normalized spacial score (nSPS) is 14.9. The molecule has 3 aromatic rings. The maximum absolute atomic E-state index is 13.0. The van der Waals surface area contributed by atoms with E-state index in [-0.39, 0.29) is 18.2 Å². The van der Waals surface area contributed by atoms with Crippen LogP contribution in [0.1, 0.15) is 24.0 Å². The van der Waals surface area contributed by atoms with Crippen LogP contribution in [0.25, 0.3) is 10.9 Å². The molecule has 0 spiro atoms. The molecule has 1 aromatic heterocycles. The number of nitrogens with one attached hydrogen (secondary N) is 2. The highest BCUT2D eigenvalue weighted by molar-refractivity contribution is 5.92. The molecule has 1 atom stereocenters. The maximum Gasteiger partial charge on any atom is 0.245 e. The fourth-order valence-corrected chi connectivity index (χ4v) is 3.90. The molecular formula is C23H25N3O2. The number of H-pyrrole nitrogens is 1. The van der Waals surface area contributed by atoms with Crippen LogP contribution in [0.3, 0.4) is 0 Å². The number of aromatic nitrogens is 1. The van der Waals surface area contributed by atoms with E-state index in [2.05, 4.69) is 10.3 Å². The van der Waals surface area contributed by atoms with E-state index < -0.39 is 6.04 Å². The summed E-state index contributed by atoms with van der Waals surface area (Å²) in [6, 6.07) is 17.3. The minimum atomic E-state index is -0.529. The third-order valence-corrected chi connectivity index (χ3v) is 5.36. The van der Waals surface area contributed by atoms with Crippen LogP contribution in [0.4, 0.5) is 0 Å². The fraction of sp³-hybridized carbons (Fsp3) is 0.304. The Balaban J connectivity index is 1.49. The molecule has 4 rings (SSSR count). The van der Waals surface area contributed by atoms with Crippen molar-refractivity contribution in [2.75, 3.05) is 13.1 Å². The number of hydrogen-bond acceptors (Lipinski definition) is 2. The van der Waals surface area contributed by atoms with Crippen LogP contribution in [0.5, 0.6) is 0 Å². The number of carbonyl (C=O) groups is 2. The largest absolute Gasteiger partial charge is 0.361 e. The SMILES string of the molecule is O=C(Cc1c[nH]c2ccccc12)N[C@@H](Cc1ccccc1)C(=O)N1CCCC1. The van der Waals surface area contributed by atoms with E-state index in [1.165, 1.54) is 0 Å². The second kappa shape index (κ2) is 8.30. The molecule has 0 radical (unpaired) electrons. The summed E-state index contributed by atoms with van der Waals surface area (Å²) in [6.07, 6.45) is 4.71. The number of amides is 2. The van der Waals surface area contributed by atoms with Gasteiger partial charge in [0, 0.05) is 36.6 Å². The monoisotopic (exact) mass is 375 g/mol. The van der Waals surface area contributed by atoms with Crippen LogP contribution in [0.15, 0.2) is 60.8 Å². The zero-order valence-electron chi connectivity index (χ0n) is 15.9. The third kappa shape index (κ3) is 4.09. The van der Waals surface area contributed by atoms with Gasteiger partial charge in [-0.3, -0.25) is 9.59 Å². The fourth-order valence-electron chi connectivity index (χ4n) is 3.90. The molecule has 1 aliphatic heterocycles.